The lowest BCUT2D eigenvalue weighted by molar-refractivity contribution is 0.0206. The number of hydrogen-bond acceptors (Lipinski definition) is 4. The summed E-state index contributed by atoms with van der Waals surface area (Å²) in [5.74, 6) is 0. The summed E-state index contributed by atoms with van der Waals surface area (Å²) in [6.45, 7) is 4.56. The first-order valence-electron chi connectivity index (χ1n) is 7.78. The average Bonchev–Trinajstić information content (AvgIpc) is 2.86. The predicted molar refractivity (Wildman–Crippen MR) is 79.2 cm³/mol. The molecule has 5 heteroatoms. The van der Waals surface area contributed by atoms with Gasteiger partial charge in [-0.05, 0) is 39.8 Å². The Hall–Kier alpha value is 0.130. The molecule has 3 aliphatic rings. The molecule has 1 aliphatic carbocycles. The molecule has 0 amide bonds. The third-order valence-electron chi connectivity index (χ3n) is 5.23. The maximum atomic E-state index is 6.29. The van der Waals surface area contributed by atoms with Crippen molar-refractivity contribution in [3.63, 3.8) is 0 Å². The molecule has 4 nitrogen and oxygen atoms in total. The normalized spacial score (nSPS) is 43.1. The monoisotopic (exact) mass is 286 g/mol. The van der Waals surface area contributed by atoms with Crippen LogP contribution in [-0.2, 0) is 0 Å². The molecule has 2 saturated heterocycles. The van der Waals surface area contributed by atoms with Gasteiger partial charge in [-0.25, -0.2) is 0 Å². The van der Waals surface area contributed by atoms with E-state index >= 15 is 0 Å². The van der Waals surface area contributed by atoms with Crippen LogP contribution in [-0.4, -0.2) is 59.9 Å². The second-order valence-electron chi connectivity index (χ2n) is 6.45. The van der Waals surface area contributed by atoms with Crippen LogP contribution in [0.2, 0.25) is 0 Å². The fraction of sp³-hybridized carbons (Fsp3) is 1.00. The van der Waals surface area contributed by atoms with Crippen LogP contribution in [0.5, 0.6) is 0 Å². The van der Waals surface area contributed by atoms with Gasteiger partial charge in [0.15, 0.2) is 0 Å². The molecule has 0 spiro atoms. The summed E-state index contributed by atoms with van der Waals surface area (Å²) in [6.07, 6.45) is 7.16. The molecule has 2 aliphatic heterocycles. The van der Waals surface area contributed by atoms with Crippen molar-refractivity contribution in [3.05, 3.63) is 0 Å². The zero-order valence-corrected chi connectivity index (χ0v) is 12.9. The lowest BCUT2D eigenvalue weighted by Gasteiger charge is -2.47. The predicted octanol–water partition coefficient (Wildman–Crippen LogP) is 1.36. The molecule has 0 aromatic rings. The van der Waals surface area contributed by atoms with E-state index in [1.807, 2.05) is 0 Å². The highest BCUT2D eigenvalue weighted by molar-refractivity contribution is 6.20. The first-order valence-corrected chi connectivity index (χ1v) is 8.21. The van der Waals surface area contributed by atoms with Crippen molar-refractivity contribution < 1.29 is 0 Å². The smallest absolute Gasteiger partial charge is 0.136 e. The van der Waals surface area contributed by atoms with Gasteiger partial charge in [0.25, 0.3) is 0 Å². The van der Waals surface area contributed by atoms with E-state index in [1.165, 1.54) is 38.6 Å². The van der Waals surface area contributed by atoms with E-state index in [0.717, 1.165) is 12.6 Å². The van der Waals surface area contributed by atoms with Gasteiger partial charge < -0.3 is 0 Å². The van der Waals surface area contributed by atoms with Crippen LogP contribution in [0.3, 0.4) is 0 Å². The minimum Gasteiger partial charge on any atom is -0.299 e. The molecule has 4 atom stereocenters. The van der Waals surface area contributed by atoms with Gasteiger partial charge in [0.1, 0.15) is 5.62 Å². The third kappa shape index (κ3) is 2.79. The quantitative estimate of drug-likeness (QED) is 0.563. The van der Waals surface area contributed by atoms with Crippen LogP contribution in [0, 0.1) is 0 Å². The van der Waals surface area contributed by atoms with E-state index in [4.69, 9.17) is 11.6 Å². The number of fused-ring (bicyclic) bond motifs is 1. The van der Waals surface area contributed by atoms with E-state index < -0.39 is 0 Å². The molecule has 0 bridgehead atoms. The van der Waals surface area contributed by atoms with Crippen LogP contribution < -0.4 is 10.6 Å². The molecule has 2 N–H and O–H groups in total. The summed E-state index contributed by atoms with van der Waals surface area (Å²) in [5, 5.41) is 6.94. The van der Waals surface area contributed by atoms with Gasteiger partial charge in [-0.1, -0.05) is 24.4 Å². The van der Waals surface area contributed by atoms with Gasteiger partial charge in [-0.2, -0.15) is 0 Å². The second-order valence-corrected chi connectivity index (χ2v) is 6.89. The molecule has 3 fully saturated rings. The fourth-order valence-electron chi connectivity index (χ4n) is 4.11. The van der Waals surface area contributed by atoms with E-state index in [-0.39, 0.29) is 5.62 Å². The van der Waals surface area contributed by atoms with Crippen LogP contribution in [0.15, 0.2) is 0 Å². The highest BCUT2D eigenvalue weighted by Crippen LogP contribution is 2.31. The van der Waals surface area contributed by atoms with Crippen LogP contribution in [0.1, 0.15) is 39.0 Å². The number of alkyl halides is 1. The third-order valence-corrected chi connectivity index (χ3v) is 5.51. The molecule has 0 aromatic heterocycles. The van der Waals surface area contributed by atoms with E-state index in [2.05, 4.69) is 34.4 Å². The Morgan fingerprint density at radius 1 is 1.16 bits per heavy atom. The number of nitrogens with one attached hydrogen (secondary N) is 2. The highest BCUT2D eigenvalue weighted by Gasteiger charge is 2.42. The number of nitrogens with zero attached hydrogens (tertiary/aromatic N) is 2. The van der Waals surface area contributed by atoms with Crippen molar-refractivity contribution in [3.8, 4) is 0 Å². The molecule has 2 heterocycles. The molecule has 3 rings (SSSR count). The Balaban J connectivity index is 1.84. The maximum absolute atomic E-state index is 6.29. The van der Waals surface area contributed by atoms with Crippen molar-refractivity contribution in [2.45, 2.75) is 68.9 Å². The fourth-order valence-corrected chi connectivity index (χ4v) is 4.32. The van der Waals surface area contributed by atoms with Gasteiger partial charge in [0.05, 0.1) is 12.2 Å². The first kappa shape index (κ1) is 14.1. The largest absolute Gasteiger partial charge is 0.299 e. The number of rotatable bonds is 1. The number of hydrogen-bond donors (Lipinski definition) is 2. The summed E-state index contributed by atoms with van der Waals surface area (Å²) in [6, 6.07) is 1.93. The van der Waals surface area contributed by atoms with Crippen molar-refractivity contribution in [1.82, 2.24) is 20.4 Å². The van der Waals surface area contributed by atoms with Gasteiger partial charge in [0.2, 0.25) is 0 Å². The first-order chi connectivity index (χ1) is 9.16. The Morgan fingerprint density at radius 2 is 1.89 bits per heavy atom. The van der Waals surface area contributed by atoms with E-state index in [1.54, 1.807) is 0 Å². The summed E-state index contributed by atoms with van der Waals surface area (Å²) < 4.78 is 0. The molecule has 0 aromatic carbocycles. The van der Waals surface area contributed by atoms with Gasteiger partial charge in [-0.15, -0.1) is 0 Å². The minimum atomic E-state index is -0.0937. The second kappa shape index (κ2) is 5.86. The lowest BCUT2D eigenvalue weighted by atomic mass is 10.1. The van der Waals surface area contributed by atoms with Crippen molar-refractivity contribution in [2.24, 2.45) is 0 Å². The molecule has 0 radical (unpaired) electrons. The van der Waals surface area contributed by atoms with E-state index in [0.29, 0.717) is 18.2 Å². The zero-order valence-electron chi connectivity index (χ0n) is 12.1. The highest BCUT2D eigenvalue weighted by atomic mass is 35.5. The lowest BCUT2D eigenvalue weighted by Crippen LogP contribution is -2.69. The molecule has 1 saturated carbocycles. The van der Waals surface area contributed by atoms with Gasteiger partial charge in [-0.3, -0.25) is 20.4 Å². The Morgan fingerprint density at radius 3 is 2.63 bits per heavy atom. The number of halogens is 1. The van der Waals surface area contributed by atoms with Gasteiger partial charge in [0, 0.05) is 18.6 Å². The summed E-state index contributed by atoms with van der Waals surface area (Å²) in [4.78, 5) is 5.25. The van der Waals surface area contributed by atoms with Crippen molar-refractivity contribution in [1.29, 1.82) is 0 Å². The zero-order chi connectivity index (χ0) is 13.4. The van der Waals surface area contributed by atoms with Crippen LogP contribution in [0.4, 0.5) is 0 Å². The topological polar surface area (TPSA) is 30.5 Å². The molecule has 110 valence electrons. The Bertz CT molecular complexity index is 308. The molecule has 19 heavy (non-hydrogen) atoms. The van der Waals surface area contributed by atoms with Crippen molar-refractivity contribution in [2.75, 3.05) is 20.1 Å². The number of likely N-dealkylation sites (N-methyl/N-ethyl adjacent to an activating group) is 1. The summed E-state index contributed by atoms with van der Waals surface area (Å²) in [5.41, 5.74) is -0.0937. The maximum Gasteiger partial charge on any atom is 0.136 e. The minimum absolute atomic E-state index is 0.0937. The van der Waals surface area contributed by atoms with Crippen molar-refractivity contribution >= 4 is 11.6 Å². The van der Waals surface area contributed by atoms with Gasteiger partial charge >= 0.3 is 0 Å². The Kier molecular flexibility index (Phi) is 4.34. The SMILES string of the molecule is CC1CCN(C)C2CNC(Cl)NC2N1C1CCCC1. The standard InChI is InChI=1S/C14H27ClN4/c1-10-7-8-18(2)12-9-16-14(15)17-13(12)19(10)11-5-3-4-6-11/h10-14,16-17H,3-9H2,1-2H3. The summed E-state index contributed by atoms with van der Waals surface area (Å²) in [7, 11) is 2.25. The summed E-state index contributed by atoms with van der Waals surface area (Å²) >= 11 is 6.29. The molecule has 4 unspecified atom stereocenters. The average molecular weight is 287 g/mol. The van der Waals surface area contributed by atoms with E-state index in [9.17, 15) is 0 Å². The molecular weight excluding hydrogens is 260 g/mol. The molecular formula is C14H27ClN4. The van der Waals surface area contributed by atoms with Crippen LogP contribution in [0.25, 0.3) is 0 Å². The van der Waals surface area contributed by atoms with Crippen LogP contribution >= 0.6 is 11.6 Å². The Labute approximate surface area is 121 Å².